The van der Waals surface area contributed by atoms with Crippen molar-refractivity contribution in [2.24, 2.45) is 0 Å². The fourth-order valence-corrected chi connectivity index (χ4v) is 9.70. The highest BCUT2D eigenvalue weighted by Crippen LogP contribution is 2.62. The Balaban J connectivity index is 1.14. The minimum absolute atomic E-state index is 0.621. The van der Waals surface area contributed by atoms with Crippen molar-refractivity contribution in [3.05, 3.63) is 228 Å². The number of rotatable bonds is 4. The van der Waals surface area contributed by atoms with Crippen molar-refractivity contribution >= 4 is 33.7 Å². The van der Waals surface area contributed by atoms with E-state index in [1.165, 1.54) is 60.5 Å². The molecule has 0 saturated carbocycles. The van der Waals surface area contributed by atoms with E-state index in [0.29, 0.717) is 17.5 Å². The average Bonchev–Trinajstić information content (AvgIpc) is 3.55. The maximum Gasteiger partial charge on any atom is 0.164 e. The van der Waals surface area contributed by atoms with Crippen molar-refractivity contribution in [3.63, 3.8) is 0 Å². The molecule has 0 bridgehead atoms. The molecule has 0 fully saturated rings. The van der Waals surface area contributed by atoms with Crippen LogP contribution in [-0.4, -0.2) is 19.9 Å². The van der Waals surface area contributed by atoms with Crippen molar-refractivity contribution in [2.75, 3.05) is 0 Å². The van der Waals surface area contributed by atoms with E-state index in [9.17, 15) is 0 Å². The molecule has 2 aromatic heterocycles. The van der Waals surface area contributed by atoms with Crippen molar-refractivity contribution in [3.8, 4) is 56.4 Å². The average molecular weight is 751 g/mol. The normalized spacial score (nSPS) is 14.8. The van der Waals surface area contributed by atoms with Gasteiger partial charge < -0.3 is 0 Å². The Morgan fingerprint density at radius 3 is 1.64 bits per heavy atom. The van der Waals surface area contributed by atoms with Crippen LogP contribution in [0.3, 0.4) is 0 Å². The number of fused-ring (bicyclic) bond motifs is 14. The molecular weight excluding hydrogens is 717 g/mol. The van der Waals surface area contributed by atoms with Gasteiger partial charge in [-0.15, -0.1) is 0 Å². The lowest BCUT2D eigenvalue weighted by atomic mass is 9.64. The molecular formula is C55H34N4. The molecule has 4 nitrogen and oxygen atoms in total. The summed E-state index contributed by atoms with van der Waals surface area (Å²) in [5.74, 6) is 1.88. The Morgan fingerprint density at radius 1 is 0.356 bits per heavy atom. The van der Waals surface area contributed by atoms with Gasteiger partial charge in [0, 0.05) is 29.1 Å². The zero-order chi connectivity index (χ0) is 38.9. The van der Waals surface area contributed by atoms with Crippen molar-refractivity contribution < 1.29 is 0 Å². The van der Waals surface area contributed by atoms with Gasteiger partial charge in [-0.2, -0.15) is 0 Å². The quantitative estimate of drug-likeness (QED) is 0.168. The third kappa shape index (κ3) is 5.03. The van der Waals surface area contributed by atoms with Gasteiger partial charge in [0.25, 0.3) is 0 Å². The standard InChI is InChI=1S/C55H34N4/c1-2-14-38(15-3-1)52-57-53(39-29-24-35(25-30-39)41-16-12-32-56-34-41)59-54(58-52)40-31-28-37-27-26-36-13-4-10-22-47(36)55(49(37)33-40)48-23-11-9-21-46(48)50-44-19-7-5-17-42(44)43-18-6-8-20-45(43)51(50)55/h1-34H. The van der Waals surface area contributed by atoms with Gasteiger partial charge in [0.1, 0.15) is 0 Å². The lowest BCUT2D eigenvalue weighted by Gasteiger charge is -2.36. The fourth-order valence-electron chi connectivity index (χ4n) is 9.70. The van der Waals surface area contributed by atoms with Gasteiger partial charge in [-0.3, -0.25) is 4.98 Å². The maximum atomic E-state index is 5.26. The molecule has 0 radical (unpaired) electrons. The van der Waals surface area contributed by atoms with Crippen LogP contribution in [-0.2, 0) is 5.41 Å². The van der Waals surface area contributed by atoms with Crippen LogP contribution in [0.25, 0.3) is 90.1 Å². The van der Waals surface area contributed by atoms with Gasteiger partial charge in [-0.25, -0.2) is 15.0 Å². The number of hydrogen-bond donors (Lipinski definition) is 0. The van der Waals surface area contributed by atoms with Gasteiger partial charge in [0.2, 0.25) is 0 Å². The number of benzene rings is 8. The summed E-state index contributed by atoms with van der Waals surface area (Å²) >= 11 is 0. The summed E-state index contributed by atoms with van der Waals surface area (Å²) in [5, 5.41) is 5.05. The maximum absolute atomic E-state index is 5.26. The number of aromatic nitrogens is 4. The molecule has 2 aliphatic rings. The van der Waals surface area contributed by atoms with Crippen LogP contribution in [0.1, 0.15) is 33.4 Å². The van der Waals surface area contributed by atoms with Gasteiger partial charge in [0.05, 0.1) is 5.41 Å². The van der Waals surface area contributed by atoms with Crippen LogP contribution in [0, 0.1) is 0 Å². The molecule has 1 atom stereocenters. The van der Waals surface area contributed by atoms with E-state index < -0.39 is 5.41 Å². The molecule has 2 aliphatic carbocycles. The van der Waals surface area contributed by atoms with Crippen molar-refractivity contribution in [2.45, 2.75) is 5.41 Å². The molecule has 8 aromatic carbocycles. The third-order valence-electron chi connectivity index (χ3n) is 12.2. The Labute approximate surface area is 341 Å². The Bertz CT molecular complexity index is 3320. The van der Waals surface area contributed by atoms with Gasteiger partial charge in [-0.1, -0.05) is 182 Å². The Morgan fingerprint density at radius 2 is 0.898 bits per heavy atom. The van der Waals surface area contributed by atoms with E-state index in [-0.39, 0.29) is 0 Å². The van der Waals surface area contributed by atoms with E-state index in [1.807, 2.05) is 30.5 Å². The van der Waals surface area contributed by atoms with Crippen LogP contribution >= 0.6 is 0 Å². The van der Waals surface area contributed by atoms with E-state index in [1.54, 1.807) is 6.20 Å². The third-order valence-corrected chi connectivity index (χ3v) is 12.2. The summed E-state index contributed by atoms with van der Waals surface area (Å²) in [6.45, 7) is 0. The van der Waals surface area contributed by atoms with E-state index >= 15 is 0 Å². The Kier molecular flexibility index (Phi) is 7.41. The number of hydrogen-bond acceptors (Lipinski definition) is 4. The second-order valence-corrected chi connectivity index (χ2v) is 15.4. The predicted molar refractivity (Wildman–Crippen MR) is 241 cm³/mol. The van der Waals surface area contributed by atoms with E-state index in [2.05, 4.69) is 175 Å². The molecule has 59 heavy (non-hydrogen) atoms. The summed E-state index contributed by atoms with van der Waals surface area (Å²) in [4.78, 5) is 19.9. The van der Waals surface area contributed by atoms with Crippen LogP contribution in [0.4, 0.5) is 0 Å². The largest absolute Gasteiger partial charge is 0.264 e. The van der Waals surface area contributed by atoms with Gasteiger partial charge in [0.15, 0.2) is 17.5 Å². The highest BCUT2D eigenvalue weighted by atomic mass is 15.0. The van der Waals surface area contributed by atoms with Gasteiger partial charge >= 0.3 is 0 Å². The molecule has 0 amide bonds. The van der Waals surface area contributed by atoms with E-state index in [4.69, 9.17) is 15.0 Å². The predicted octanol–water partition coefficient (Wildman–Crippen LogP) is 13.1. The molecule has 0 N–H and O–H groups in total. The molecule has 274 valence electrons. The molecule has 0 aliphatic heterocycles. The summed E-state index contributed by atoms with van der Waals surface area (Å²) < 4.78 is 0. The first-order chi connectivity index (χ1) is 29.3. The monoisotopic (exact) mass is 750 g/mol. The minimum atomic E-state index is -0.652. The van der Waals surface area contributed by atoms with Crippen LogP contribution in [0.2, 0.25) is 0 Å². The summed E-state index contributed by atoms with van der Waals surface area (Å²) in [6.07, 6.45) is 8.25. The lowest BCUT2D eigenvalue weighted by molar-refractivity contribution is 0.773. The zero-order valence-electron chi connectivity index (χ0n) is 31.9. The zero-order valence-corrected chi connectivity index (χ0v) is 31.9. The van der Waals surface area contributed by atoms with Crippen LogP contribution in [0.15, 0.2) is 194 Å². The molecule has 12 rings (SSSR count). The first-order valence-corrected chi connectivity index (χ1v) is 20.0. The Hall–Kier alpha value is -7.82. The lowest BCUT2D eigenvalue weighted by Crippen LogP contribution is -2.30. The second-order valence-electron chi connectivity index (χ2n) is 15.4. The minimum Gasteiger partial charge on any atom is -0.264 e. The van der Waals surface area contributed by atoms with Crippen molar-refractivity contribution in [1.82, 2.24) is 19.9 Å². The topological polar surface area (TPSA) is 51.6 Å². The van der Waals surface area contributed by atoms with Crippen LogP contribution < -0.4 is 0 Å². The molecule has 0 saturated heterocycles. The smallest absolute Gasteiger partial charge is 0.164 e. The summed E-state index contributed by atoms with van der Waals surface area (Å²) in [5.41, 5.74) is 14.3. The van der Waals surface area contributed by atoms with Crippen LogP contribution in [0.5, 0.6) is 0 Å². The molecule has 4 heteroatoms. The second kappa shape index (κ2) is 13.1. The molecule has 1 spiro atoms. The first-order valence-electron chi connectivity index (χ1n) is 20.0. The highest BCUT2D eigenvalue weighted by molar-refractivity contribution is 6.19. The SMILES string of the molecule is C1=Cc2ccc(-c3nc(-c4ccccc4)nc(-c4ccc(-c5cccnc5)cc4)n3)cc2C2(c3ccccc31)c1ccccc1-c1c2c2ccccc2c2ccccc12. The fraction of sp³-hybridized carbons (Fsp3) is 0.0182. The summed E-state index contributed by atoms with van der Waals surface area (Å²) in [6, 6.07) is 65.3. The van der Waals surface area contributed by atoms with E-state index in [0.717, 1.165) is 33.4 Å². The molecule has 1 unspecified atom stereocenters. The molecule has 10 aromatic rings. The first kappa shape index (κ1) is 33.3. The van der Waals surface area contributed by atoms with Gasteiger partial charge in [-0.05, 0) is 89.3 Å². The number of nitrogens with zero attached hydrogens (tertiary/aromatic N) is 4. The highest BCUT2D eigenvalue weighted by Gasteiger charge is 2.50. The van der Waals surface area contributed by atoms with Crippen molar-refractivity contribution in [1.29, 1.82) is 0 Å². The number of pyridine rings is 1. The summed E-state index contributed by atoms with van der Waals surface area (Å²) in [7, 11) is 0. The molecule has 2 heterocycles.